The summed E-state index contributed by atoms with van der Waals surface area (Å²) in [6, 6.07) is 6.02. The highest BCUT2D eigenvalue weighted by Crippen LogP contribution is 2.23. The predicted molar refractivity (Wildman–Crippen MR) is 84.6 cm³/mol. The highest BCUT2D eigenvalue weighted by atomic mass is 16.1. The third-order valence-corrected chi connectivity index (χ3v) is 4.00. The van der Waals surface area contributed by atoms with Gasteiger partial charge in [0.2, 0.25) is 0 Å². The molecule has 1 aromatic rings. The van der Waals surface area contributed by atoms with Crippen molar-refractivity contribution in [3.8, 4) is 0 Å². The van der Waals surface area contributed by atoms with Crippen LogP contribution in [0.5, 0.6) is 0 Å². The van der Waals surface area contributed by atoms with Crippen molar-refractivity contribution in [2.45, 2.75) is 52.0 Å². The topological polar surface area (TPSA) is 41.1 Å². The number of anilines is 1. The van der Waals surface area contributed by atoms with E-state index in [1.807, 2.05) is 12.1 Å². The highest BCUT2D eigenvalue weighted by molar-refractivity contribution is 6.00. The molecule has 1 aliphatic heterocycles. The van der Waals surface area contributed by atoms with Gasteiger partial charge in [0.1, 0.15) is 0 Å². The predicted octanol–water partition coefficient (Wildman–Crippen LogP) is 3.40. The molecule has 3 heteroatoms. The molecule has 0 aromatic heterocycles. The zero-order chi connectivity index (χ0) is 14.4. The minimum atomic E-state index is -0.0423. The molecule has 0 saturated heterocycles. The second kappa shape index (κ2) is 7.44. The molecular weight excluding hydrogens is 248 g/mol. The van der Waals surface area contributed by atoms with Gasteiger partial charge in [-0.3, -0.25) is 4.79 Å². The third-order valence-electron chi connectivity index (χ3n) is 4.00. The molecule has 20 heavy (non-hydrogen) atoms. The van der Waals surface area contributed by atoms with Crippen LogP contribution >= 0.6 is 0 Å². The number of unbranched alkanes of at least 4 members (excludes halogenated alkanes) is 2. The molecule has 3 nitrogen and oxygen atoms in total. The molecule has 1 heterocycles. The van der Waals surface area contributed by atoms with Crippen LogP contribution in [0.25, 0.3) is 0 Å². The van der Waals surface area contributed by atoms with Crippen LogP contribution < -0.4 is 10.6 Å². The smallest absolute Gasteiger partial charge is 0.179 e. The van der Waals surface area contributed by atoms with Crippen LogP contribution in [0.2, 0.25) is 0 Å². The van der Waals surface area contributed by atoms with Gasteiger partial charge in [0, 0.05) is 17.8 Å². The molecule has 2 N–H and O–H groups in total. The average Bonchev–Trinajstić information content (AvgIpc) is 2.94. The monoisotopic (exact) mass is 274 g/mol. The number of hydrogen-bond acceptors (Lipinski definition) is 3. The maximum Gasteiger partial charge on any atom is 0.179 e. The summed E-state index contributed by atoms with van der Waals surface area (Å²) in [4.78, 5) is 12.6. The Bertz CT molecular complexity index is 456. The van der Waals surface area contributed by atoms with Crippen LogP contribution in [0.15, 0.2) is 18.2 Å². The first kappa shape index (κ1) is 15.0. The molecule has 0 fully saturated rings. The van der Waals surface area contributed by atoms with Gasteiger partial charge in [0.25, 0.3) is 0 Å². The number of hydrogen-bond donors (Lipinski definition) is 2. The quantitative estimate of drug-likeness (QED) is 0.564. The van der Waals surface area contributed by atoms with Crippen molar-refractivity contribution in [1.29, 1.82) is 0 Å². The van der Waals surface area contributed by atoms with Gasteiger partial charge in [-0.15, -0.1) is 0 Å². The van der Waals surface area contributed by atoms with Gasteiger partial charge in [-0.2, -0.15) is 0 Å². The van der Waals surface area contributed by atoms with Gasteiger partial charge in [0.05, 0.1) is 6.04 Å². The lowest BCUT2D eigenvalue weighted by Crippen LogP contribution is -2.36. The Morgan fingerprint density at radius 1 is 1.35 bits per heavy atom. The van der Waals surface area contributed by atoms with Gasteiger partial charge >= 0.3 is 0 Å². The minimum absolute atomic E-state index is 0.0423. The van der Waals surface area contributed by atoms with Crippen molar-refractivity contribution in [1.82, 2.24) is 5.32 Å². The van der Waals surface area contributed by atoms with Gasteiger partial charge in [-0.05, 0) is 49.6 Å². The zero-order valence-corrected chi connectivity index (χ0v) is 12.7. The van der Waals surface area contributed by atoms with Crippen molar-refractivity contribution < 1.29 is 4.79 Å². The van der Waals surface area contributed by atoms with Gasteiger partial charge in [0.15, 0.2) is 5.78 Å². The fourth-order valence-electron chi connectivity index (χ4n) is 2.73. The number of fused-ring (bicyclic) bond motifs is 1. The number of carbonyl (C=O) groups excluding carboxylic acids is 1. The summed E-state index contributed by atoms with van der Waals surface area (Å²) in [6.45, 7) is 6.19. The highest BCUT2D eigenvalue weighted by Gasteiger charge is 2.19. The van der Waals surface area contributed by atoms with Crippen molar-refractivity contribution in [2.75, 3.05) is 18.4 Å². The van der Waals surface area contributed by atoms with E-state index in [-0.39, 0.29) is 11.8 Å². The van der Waals surface area contributed by atoms with Crippen LogP contribution in [0.3, 0.4) is 0 Å². The lowest BCUT2D eigenvalue weighted by atomic mass is 9.99. The lowest BCUT2D eigenvalue weighted by molar-refractivity contribution is 0.0940. The van der Waals surface area contributed by atoms with E-state index in [2.05, 4.69) is 30.5 Å². The summed E-state index contributed by atoms with van der Waals surface area (Å²) >= 11 is 0. The molecule has 1 atom stereocenters. The van der Waals surface area contributed by atoms with E-state index in [0.29, 0.717) is 0 Å². The summed E-state index contributed by atoms with van der Waals surface area (Å²) in [5, 5.41) is 6.74. The SMILES string of the molecule is CCCCCNC(CC)C(=O)c1ccc2c(c1)CCN2. The van der Waals surface area contributed by atoms with Crippen LogP contribution in [0.1, 0.15) is 55.5 Å². The fourth-order valence-corrected chi connectivity index (χ4v) is 2.73. The van der Waals surface area contributed by atoms with Gasteiger partial charge < -0.3 is 10.6 Å². The molecule has 1 aromatic carbocycles. The van der Waals surface area contributed by atoms with E-state index in [1.54, 1.807) is 0 Å². The fraction of sp³-hybridized carbons (Fsp3) is 0.588. The summed E-state index contributed by atoms with van der Waals surface area (Å²) < 4.78 is 0. The number of nitrogens with one attached hydrogen (secondary N) is 2. The Hall–Kier alpha value is -1.35. The average molecular weight is 274 g/mol. The number of Topliss-reactive ketones (excluding diaryl/α,β-unsaturated/α-hetero) is 1. The summed E-state index contributed by atoms with van der Waals surface area (Å²) in [7, 11) is 0. The maximum atomic E-state index is 12.6. The molecule has 0 saturated carbocycles. The summed E-state index contributed by atoms with van der Waals surface area (Å²) in [6.07, 6.45) is 5.46. The number of ketones is 1. The Labute approximate surface area is 122 Å². The van der Waals surface area contributed by atoms with E-state index in [4.69, 9.17) is 0 Å². The molecule has 0 bridgehead atoms. The number of benzene rings is 1. The molecule has 0 aliphatic carbocycles. The molecule has 0 spiro atoms. The van der Waals surface area contributed by atoms with Crippen molar-refractivity contribution >= 4 is 11.5 Å². The molecule has 0 radical (unpaired) electrons. The summed E-state index contributed by atoms with van der Waals surface area (Å²) in [5.41, 5.74) is 3.31. The van der Waals surface area contributed by atoms with Crippen molar-refractivity contribution in [3.05, 3.63) is 29.3 Å². The first-order valence-corrected chi connectivity index (χ1v) is 7.90. The maximum absolute atomic E-state index is 12.6. The first-order valence-electron chi connectivity index (χ1n) is 7.90. The van der Waals surface area contributed by atoms with Gasteiger partial charge in [-0.25, -0.2) is 0 Å². The van der Waals surface area contributed by atoms with Crippen LogP contribution in [-0.4, -0.2) is 24.9 Å². The molecule has 0 amide bonds. The van der Waals surface area contributed by atoms with Crippen LogP contribution in [0.4, 0.5) is 5.69 Å². The largest absolute Gasteiger partial charge is 0.384 e. The van der Waals surface area contributed by atoms with Crippen molar-refractivity contribution in [3.63, 3.8) is 0 Å². The Balaban J connectivity index is 1.97. The van der Waals surface area contributed by atoms with Gasteiger partial charge in [-0.1, -0.05) is 26.7 Å². The lowest BCUT2D eigenvalue weighted by Gasteiger charge is -2.16. The Morgan fingerprint density at radius 2 is 2.20 bits per heavy atom. The zero-order valence-electron chi connectivity index (χ0n) is 12.7. The van der Waals surface area contributed by atoms with Crippen LogP contribution in [0, 0.1) is 0 Å². The standard InChI is InChI=1S/C17H26N2O/c1-3-5-6-10-18-15(4-2)17(20)14-7-8-16-13(12-14)9-11-19-16/h7-8,12,15,18-19H,3-6,9-11H2,1-2H3. The molecule has 2 rings (SSSR count). The molecule has 1 unspecified atom stereocenters. The second-order valence-corrected chi connectivity index (χ2v) is 5.54. The molecule has 1 aliphatic rings. The Kier molecular flexibility index (Phi) is 5.60. The molecular formula is C17H26N2O. The van der Waals surface area contributed by atoms with E-state index in [0.717, 1.165) is 37.9 Å². The first-order chi connectivity index (χ1) is 9.76. The Morgan fingerprint density at radius 3 is 2.95 bits per heavy atom. The van der Waals surface area contributed by atoms with E-state index < -0.39 is 0 Å². The minimum Gasteiger partial charge on any atom is -0.384 e. The second-order valence-electron chi connectivity index (χ2n) is 5.54. The number of carbonyl (C=O) groups is 1. The van der Waals surface area contributed by atoms with E-state index in [1.165, 1.54) is 24.1 Å². The van der Waals surface area contributed by atoms with E-state index in [9.17, 15) is 4.79 Å². The third kappa shape index (κ3) is 3.60. The van der Waals surface area contributed by atoms with Crippen LogP contribution in [-0.2, 0) is 6.42 Å². The summed E-state index contributed by atoms with van der Waals surface area (Å²) in [5.74, 6) is 0.235. The molecule has 110 valence electrons. The van der Waals surface area contributed by atoms with Crippen molar-refractivity contribution in [2.24, 2.45) is 0 Å². The van der Waals surface area contributed by atoms with E-state index >= 15 is 0 Å². The normalized spacial score (nSPS) is 14.7. The number of rotatable bonds is 8.